The number of anilines is 1. The molecule has 0 aliphatic carbocycles. The van der Waals surface area contributed by atoms with E-state index in [1.54, 1.807) is 4.90 Å². The molecule has 0 spiro atoms. The van der Waals surface area contributed by atoms with Crippen molar-refractivity contribution < 1.29 is 9.59 Å². The number of benzene rings is 2. The number of carbonyl (C=O) groups excluding carboxylic acids is 2. The highest BCUT2D eigenvalue weighted by molar-refractivity contribution is 6.31. The van der Waals surface area contributed by atoms with E-state index >= 15 is 0 Å². The predicted molar refractivity (Wildman–Crippen MR) is 104 cm³/mol. The van der Waals surface area contributed by atoms with Crippen LogP contribution < -0.4 is 4.90 Å². The van der Waals surface area contributed by atoms with Gasteiger partial charge in [-0.3, -0.25) is 9.59 Å². The summed E-state index contributed by atoms with van der Waals surface area (Å²) in [5.41, 5.74) is 2.76. The van der Waals surface area contributed by atoms with Gasteiger partial charge in [-0.25, -0.2) is 0 Å². The van der Waals surface area contributed by atoms with Gasteiger partial charge in [-0.15, -0.1) is 0 Å². The molecule has 0 saturated carbocycles. The summed E-state index contributed by atoms with van der Waals surface area (Å²) in [5, 5.41) is 0.629. The maximum Gasteiger partial charge on any atom is 0.228 e. The molecule has 1 heterocycles. The SMILES string of the molecule is CCN(Cc1ccccc1)C(=O)C1CC(=O)N(c2cccc(Cl)c2C)C1. The van der Waals surface area contributed by atoms with Crippen LogP contribution in [0.25, 0.3) is 0 Å². The van der Waals surface area contributed by atoms with Gasteiger partial charge in [0.2, 0.25) is 11.8 Å². The van der Waals surface area contributed by atoms with Crippen LogP contribution in [0, 0.1) is 12.8 Å². The molecule has 5 heteroatoms. The summed E-state index contributed by atoms with van der Waals surface area (Å²) in [6.07, 6.45) is 0.246. The summed E-state index contributed by atoms with van der Waals surface area (Å²) in [6, 6.07) is 15.4. The third kappa shape index (κ3) is 3.75. The molecule has 0 aromatic heterocycles. The normalized spacial score (nSPS) is 16.8. The molecule has 4 nitrogen and oxygen atoms in total. The average molecular weight is 371 g/mol. The Kier molecular flexibility index (Phi) is 5.62. The lowest BCUT2D eigenvalue weighted by Crippen LogP contribution is -2.37. The quantitative estimate of drug-likeness (QED) is 0.796. The standard InChI is InChI=1S/C21H23ClN2O2/c1-3-23(13-16-8-5-4-6-9-16)21(26)17-12-20(25)24(14-17)19-11-7-10-18(22)15(19)2/h4-11,17H,3,12-14H2,1-2H3. The van der Waals surface area contributed by atoms with E-state index in [2.05, 4.69) is 0 Å². The monoisotopic (exact) mass is 370 g/mol. The van der Waals surface area contributed by atoms with Gasteiger partial charge >= 0.3 is 0 Å². The van der Waals surface area contributed by atoms with E-state index < -0.39 is 0 Å². The van der Waals surface area contributed by atoms with Crippen LogP contribution in [0.4, 0.5) is 5.69 Å². The Morgan fingerprint density at radius 2 is 1.92 bits per heavy atom. The van der Waals surface area contributed by atoms with E-state index in [4.69, 9.17) is 11.6 Å². The molecule has 1 unspecified atom stereocenters. The van der Waals surface area contributed by atoms with Crippen molar-refractivity contribution in [1.29, 1.82) is 0 Å². The molecular weight excluding hydrogens is 348 g/mol. The Morgan fingerprint density at radius 3 is 2.62 bits per heavy atom. The fourth-order valence-electron chi connectivity index (χ4n) is 3.40. The zero-order valence-electron chi connectivity index (χ0n) is 15.1. The second kappa shape index (κ2) is 7.92. The third-order valence-corrected chi connectivity index (χ3v) is 5.32. The van der Waals surface area contributed by atoms with Crippen LogP contribution >= 0.6 is 11.6 Å². The zero-order chi connectivity index (χ0) is 18.7. The van der Waals surface area contributed by atoms with Crippen LogP contribution in [0.3, 0.4) is 0 Å². The van der Waals surface area contributed by atoms with Gasteiger partial charge in [0.15, 0.2) is 0 Å². The molecular formula is C21H23ClN2O2. The number of hydrogen-bond acceptors (Lipinski definition) is 2. The highest BCUT2D eigenvalue weighted by Gasteiger charge is 2.37. The lowest BCUT2D eigenvalue weighted by molar-refractivity contribution is -0.136. The van der Waals surface area contributed by atoms with Crippen molar-refractivity contribution >= 4 is 29.1 Å². The Labute approximate surface area is 159 Å². The second-order valence-electron chi connectivity index (χ2n) is 6.63. The maximum atomic E-state index is 13.0. The predicted octanol–water partition coefficient (Wildman–Crippen LogP) is 4.05. The molecule has 136 valence electrons. The summed E-state index contributed by atoms with van der Waals surface area (Å²) in [5.74, 6) is -0.305. The van der Waals surface area contributed by atoms with Gasteiger partial charge < -0.3 is 9.80 Å². The fraction of sp³-hybridized carbons (Fsp3) is 0.333. The number of rotatable bonds is 5. The van der Waals surface area contributed by atoms with Gasteiger partial charge in [-0.1, -0.05) is 48.0 Å². The molecule has 26 heavy (non-hydrogen) atoms. The van der Waals surface area contributed by atoms with Crippen molar-refractivity contribution in [3.63, 3.8) is 0 Å². The summed E-state index contributed by atoms with van der Waals surface area (Å²) < 4.78 is 0. The van der Waals surface area contributed by atoms with Gasteiger partial charge in [0.1, 0.15) is 0 Å². The topological polar surface area (TPSA) is 40.6 Å². The van der Waals surface area contributed by atoms with E-state index in [0.29, 0.717) is 24.7 Å². The van der Waals surface area contributed by atoms with Gasteiger partial charge in [-0.2, -0.15) is 0 Å². The molecule has 1 aliphatic rings. The minimum absolute atomic E-state index is 0.0236. The van der Waals surface area contributed by atoms with E-state index in [1.165, 1.54) is 0 Å². The van der Waals surface area contributed by atoms with Crippen molar-refractivity contribution in [2.45, 2.75) is 26.8 Å². The third-order valence-electron chi connectivity index (χ3n) is 4.91. The lowest BCUT2D eigenvalue weighted by atomic mass is 10.1. The van der Waals surface area contributed by atoms with Crippen LogP contribution in [-0.4, -0.2) is 29.8 Å². The van der Waals surface area contributed by atoms with Crippen molar-refractivity contribution in [1.82, 2.24) is 4.90 Å². The highest BCUT2D eigenvalue weighted by atomic mass is 35.5. The zero-order valence-corrected chi connectivity index (χ0v) is 15.9. The van der Waals surface area contributed by atoms with Crippen molar-refractivity contribution in [2.75, 3.05) is 18.0 Å². The Balaban J connectivity index is 1.74. The first-order valence-corrected chi connectivity index (χ1v) is 9.27. The number of amides is 2. The first-order chi connectivity index (χ1) is 12.5. The molecule has 1 aliphatic heterocycles. The lowest BCUT2D eigenvalue weighted by Gasteiger charge is -2.25. The molecule has 3 rings (SSSR count). The molecule has 1 saturated heterocycles. The molecule has 2 aromatic carbocycles. The number of hydrogen-bond donors (Lipinski definition) is 0. The average Bonchev–Trinajstić information content (AvgIpc) is 3.04. The number of halogens is 1. The van der Waals surface area contributed by atoms with Gasteiger partial charge in [-0.05, 0) is 37.1 Å². The van der Waals surface area contributed by atoms with Crippen LogP contribution in [0.2, 0.25) is 5.02 Å². The second-order valence-corrected chi connectivity index (χ2v) is 7.03. The van der Waals surface area contributed by atoms with Crippen LogP contribution in [0.15, 0.2) is 48.5 Å². The molecule has 0 radical (unpaired) electrons. The van der Waals surface area contributed by atoms with Crippen molar-refractivity contribution in [3.05, 3.63) is 64.7 Å². The fourth-order valence-corrected chi connectivity index (χ4v) is 3.57. The summed E-state index contributed by atoms with van der Waals surface area (Å²) >= 11 is 6.19. The van der Waals surface area contributed by atoms with Gasteiger partial charge in [0, 0.05) is 36.8 Å². The smallest absolute Gasteiger partial charge is 0.228 e. The maximum absolute atomic E-state index is 13.0. The van der Waals surface area contributed by atoms with Crippen molar-refractivity contribution in [2.24, 2.45) is 5.92 Å². The first kappa shape index (κ1) is 18.5. The van der Waals surface area contributed by atoms with Gasteiger partial charge in [0.05, 0.1) is 5.92 Å². The minimum atomic E-state index is -0.315. The van der Waals surface area contributed by atoms with Crippen LogP contribution in [0.1, 0.15) is 24.5 Å². The first-order valence-electron chi connectivity index (χ1n) is 8.89. The van der Waals surface area contributed by atoms with Crippen LogP contribution in [-0.2, 0) is 16.1 Å². The van der Waals surface area contributed by atoms with E-state index in [9.17, 15) is 9.59 Å². The molecule has 1 fully saturated rings. The Hall–Kier alpha value is -2.33. The molecule has 0 N–H and O–H groups in total. The number of nitrogens with zero attached hydrogens (tertiary/aromatic N) is 2. The van der Waals surface area contributed by atoms with E-state index in [-0.39, 0.29) is 24.2 Å². The number of carbonyl (C=O) groups is 2. The summed E-state index contributed by atoms with van der Waals surface area (Å²) in [7, 11) is 0. The van der Waals surface area contributed by atoms with Crippen molar-refractivity contribution in [3.8, 4) is 0 Å². The Morgan fingerprint density at radius 1 is 1.19 bits per heavy atom. The molecule has 0 bridgehead atoms. The van der Waals surface area contributed by atoms with Gasteiger partial charge in [0.25, 0.3) is 0 Å². The molecule has 1 atom stereocenters. The van der Waals surface area contributed by atoms with E-state index in [1.807, 2.05) is 67.3 Å². The molecule has 2 aromatic rings. The highest BCUT2D eigenvalue weighted by Crippen LogP contribution is 2.32. The largest absolute Gasteiger partial charge is 0.338 e. The molecule has 2 amide bonds. The van der Waals surface area contributed by atoms with Crippen LogP contribution in [0.5, 0.6) is 0 Å². The van der Waals surface area contributed by atoms with E-state index in [0.717, 1.165) is 16.8 Å². The summed E-state index contributed by atoms with van der Waals surface area (Å²) in [6.45, 7) is 5.46. The minimum Gasteiger partial charge on any atom is -0.338 e. The summed E-state index contributed by atoms with van der Waals surface area (Å²) in [4.78, 5) is 29.0. The Bertz CT molecular complexity index is 807.